The third-order valence-corrected chi connectivity index (χ3v) is 1.86. The molecule has 0 radical (unpaired) electrons. The first-order valence-electron chi connectivity index (χ1n) is 5.17. The van der Waals surface area contributed by atoms with Crippen LogP contribution in [0.1, 0.15) is 13.3 Å². The molecular formula is C10H24N2O2. The molecule has 0 amide bonds. The average molecular weight is 204 g/mol. The van der Waals surface area contributed by atoms with E-state index >= 15 is 0 Å². The molecule has 14 heavy (non-hydrogen) atoms. The predicted molar refractivity (Wildman–Crippen MR) is 58.5 cm³/mol. The topological polar surface area (TPSA) is 47.7 Å². The summed E-state index contributed by atoms with van der Waals surface area (Å²) >= 11 is 0. The van der Waals surface area contributed by atoms with Crippen LogP contribution in [0.15, 0.2) is 0 Å². The number of methoxy groups -OCH3 is 1. The Kier molecular flexibility index (Phi) is 9.29. The van der Waals surface area contributed by atoms with E-state index < -0.39 is 0 Å². The van der Waals surface area contributed by atoms with Crippen molar-refractivity contribution in [3.05, 3.63) is 0 Å². The van der Waals surface area contributed by atoms with Gasteiger partial charge in [-0.1, -0.05) is 0 Å². The smallest absolute Gasteiger partial charge is 0.0700 e. The Morgan fingerprint density at radius 3 is 2.57 bits per heavy atom. The zero-order valence-corrected chi connectivity index (χ0v) is 9.66. The number of rotatable bonds is 9. The molecule has 1 atom stereocenters. The molecular weight excluding hydrogens is 180 g/mol. The first-order chi connectivity index (χ1) is 6.66. The van der Waals surface area contributed by atoms with Crippen molar-refractivity contribution < 1.29 is 9.47 Å². The highest BCUT2D eigenvalue weighted by Gasteiger charge is 2.00. The molecule has 0 spiro atoms. The fraction of sp³-hybridized carbons (Fsp3) is 1.00. The third-order valence-electron chi connectivity index (χ3n) is 1.86. The first-order valence-corrected chi connectivity index (χ1v) is 5.17. The van der Waals surface area contributed by atoms with Crippen LogP contribution in [0, 0.1) is 0 Å². The highest BCUT2D eigenvalue weighted by atomic mass is 16.5. The van der Waals surface area contributed by atoms with Gasteiger partial charge in [0.2, 0.25) is 0 Å². The largest absolute Gasteiger partial charge is 0.382 e. The van der Waals surface area contributed by atoms with Crippen molar-refractivity contribution in [1.82, 2.24) is 4.90 Å². The van der Waals surface area contributed by atoms with Crippen molar-refractivity contribution in [1.29, 1.82) is 0 Å². The highest BCUT2D eigenvalue weighted by molar-refractivity contribution is 4.59. The van der Waals surface area contributed by atoms with Gasteiger partial charge in [0.25, 0.3) is 0 Å². The standard InChI is InChI=1S/C10H24N2O2/c1-10(11)9-12(2)5-4-6-14-8-7-13-3/h10H,4-9,11H2,1-3H3. The maximum absolute atomic E-state index is 5.67. The van der Waals surface area contributed by atoms with Gasteiger partial charge < -0.3 is 20.1 Å². The molecule has 0 rings (SSSR count). The molecule has 4 nitrogen and oxygen atoms in total. The van der Waals surface area contributed by atoms with Crippen LogP contribution in [0.5, 0.6) is 0 Å². The summed E-state index contributed by atoms with van der Waals surface area (Å²) in [5.74, 6) is 0. The van der Waals surface area contributed by atoms with Crippen molar-refractivity contribution in [2.75, 3.05) is 47.1 Å². The number of likely N-dealkylation sites (N-methyl/N-ethyl adjacent to an activating group) is 1. The molecule has 1 unspecified atom stereocenters. The van der Waals surface area contributed by atoms with Gasteiger partial charge in [0.1, 0.15) is 0 Å². The summed E-state index contributed by atoms with van der Waals surface area (Å²) < 4.78 is 10.2. The fourth-order valence-corrected chi connectivity index (χ4v) is 1.26. The summed E-state index contributed by atoms with van der Waals surface area (Å²) in [7, 11) is 3.76. The van der Waals surface area contributed by atoms with E-state index in [2.05, 4.69) is 11.9 Å². The Balaban J connectivity index is 3.10. The lowest BCUT2D eigenvalue weighted by Gasteiger charge is -2.18. The van der Waals surface area contributed by atoms with E-state index in [9.17, 15) is 0 Å². The Morgan fingerprint density at radius 1 is 1.29 bits per heavy atom. The lowest BCUT2D eigenvalue weighted by Crippen LogP contribution is -2.33. The number of hydrogen-bond donors (Lipinski definition) is 1. The van der Waals surface area contributed by atoms with Gasteiger partial charge in [0.05, 0.1) is 13.2 Å². The molecule has 0 aliphatic heterocycles. The molecule has 0 aromatic heterocycles. The number of ether oxygens (including phenoxy) is 2. The summed E-state index contributed by atoms with van der Waals surface area (Å²) in [5, 5.41) is 0. The van der Waals surface area contributed by atoms with Gasteiger partial charge in [-0.05, 0) is 20.4 Å². The number of nitrogens with two attached hydrogens (primary N) is 1. The second-order valence-electron chi connectivity index (χ2n) is 3.70. The molecule has 0 aliphatic carbocycles. The minimum atomic E-state index is 0.245. The van der Waals surface area contributed by atoms with Gasteiger partial charge in [-0.2, -0.15) is 0 Å². The van der Waals surface area contributed by atoms with Gasteiger partial charge in [-0.15, -0.1) is 0 Å². The van der Waals surface area contributed by atoms with Gasteiger partial charge in [-0.3, -0.25) is 0 Å². The fourth-order valence-electron chi connectivity index (χ4n) is 1.26. The molecule has 0 aliphatic rings. The average Bonchev–Trinajstić information content (AvgIpc) is 2.10. The van der Waals surface area contributed by atoms with Crippen molar-refractivity contribution in [2.24, 2.45) is 5.73 Å². The van der Waals surface area contributed by atoms with Gasteiger partial charge in [-0.25, -0.2) is 0 Å². The first kappa shape index (κ1) is 13.8. The molecule has 0 heterocycles. The van der Waals surface area contributed by atoms with Crippen LogP contribution in [0.2, 0.25) is 0 Å². The zero-order chi connectivity index (χ0) is 10.8. The lowest BCUT2D eigenvalue weighted by atomic mass is 10.3. The summed E-state index contributed by atoms with van der Waals surface area (Å²) in [6.45, 7) is 6.16. The van der Waals surface area contributed by atoms with Gasteiger partial charge in [0, 0.05) is 32.8 Å². The lowest BCUT2D eigenvalue weighted by molar-refractivity contribution is 0.0661. The summed E-state index contributed by atoms with van der Waals surface area (Å²) in [6.07, 6.45) is 1.05. The highest BCUT2D eigenvalue weighted by Crippen LogP contribution is 1.90. The van der Waals surface area contributed by atoms with E-state index in [-0.39, 0.29) is 6.04 Å². The van der Waals surface area contributed by atoms with E-state index in [4.69, 9.17) is 15.2 Å². The molecule has 0 aromatic carbocycles. The predicted octanol–water partition coefficient (Wildman–Crippen LogP) is 0.319. The van der Waals surface area contributed by atoms with Crippen molar-refractivity contribution >= 4 is 0 Å². The molecule has 2 N–H and O–H groups in total. The molecule has 0 bridgehead atoms. The van der Waals surface area contributed by atoms with Crippen LogP contribution in [0.3, 0.4) is 0 Å². The SMILES string of the molecule is COCCOCCCN(C)CC(C)N. The Hall–Kier alpha value is -0.160. The van der Waals surface area contributed by atoms with Gasteiger partial charge >= 0.3 is 0 Å². The summed E-state index contributed by atoms with van der Waals surface area (Å²) in [4.78, 5) is 2.23. The Bertz CT molecular complexity index is 121. The number of hydrogen-bond acceptors (Lipinski definition) is 4. The molecule has 0 saturated carbocycles. The van der Waals surface area contributed by atoms with E-state index in [1.165, 1.54) is 0 Å². The quantitative estimate of drug-likeness (QED) is 0.549. The molecule has 0 fully saturated rings. The zero-order valence-electron chi connectivity index (χ0n) is 9.66. The normalized spacial score (nSPS) is 13.5. The van der Waals surface area contributed by atoms with Crippen LogP contribution in [-0.2, 0) is 9.47 Å². The second kappa shape index (κ2) is 9.40. The minimum absolute atomic E-state index is 0.245. The van der Waals surface area contributed by atoms with Crippen LogP contribution >= 0.6 is 0 Å². The molecule has 0 saturated heterocycles. The Morgan fingerprint density at radius 2 is 2.00 bits per heavy atom. The molecule has 4 heteroatoms. The van der Waals surface area contributed by atoms with E-state index in [1.807, 2.05) is 6.92 Å². The van der Waals surface area contributed by atoms with Gasteiger partial charge in [0.15, 0.2) is 0 Å². The Labute approximate surface area is 87.4 Å². The van der Waals surface area contributed by atoms with Crippen LogP contribution in [-0.4, -0.2) is 58.0 Å². The maximum atomic E-state index is 5.67. The molecule has 0 aromatic rings. The second-order valence-corrected chi connectivity index (χ2v) is 3.70. The van der Waals surface area contributed by atoms with Crippen LogP contribution < -0.4 is 5.73 Å². The number of nitrogens with zero attached hydrogens (tertiary/aromatic N) is 1. The summed E-state index contributed by atoms with van der Waals surface area (Å²) in [6, 6.07) is 0.245. The van der Waals surface area contributed by atoms with E-state index in [0.29, 0.717) is 13.2 Å². The molecule has 86 valence electrons. The van der Waals surface area contributed by atoms with Crippen molar-refractivity contribution in [2.45, 2.75) is 19.4 Å². The van der Waals surface area contributed by atoms with Crippen molar-refractivity contribution in [3.63, 3.8) is 0 Å². The minimum Gasteiger partial charge on any atom is -0.382 e. The van der Waals surface area contributed by atoms with Crippen LogP contribution in [0.25, 0.3) is 0 Å². The van der Waals surface area contributed by atoms with Crippen LogP contribution in [0.4, 0.5) is 0 Å². The maximum Gasteiger partial charge on any atom is 0.0700 e. The third kappa shape index (κ3) is 9.92. The summed E-state index contributed by atoms with van der Waals surface area (Å²) in [5.41, 5.74) is 5.67. The van der Waals surface area contributed by atoms with E-state index in [0.717, 1.165) is 26.1 Å². The monoisotopic (exact) mass is 204 g/mol. The van der Waals surface area contributed by atoms with Crippen molar-refractivity contribution in [3.8, 4) is 0 Å². The van der Waals surface area contributed by atoms with E-state index in [1.54, 1.807) is 7.11 Å².